The summed E-state index contributed by atoms with van der Waals surface area (Å²) in [5.41, 5.74) is 1.67. The molecule has 1 heterocycles. The first-order valence-electron chi connectivity index (χ1n) is 5.01. The van der Waals surface area contributed by atoms with Gasteiger partial charge in [0.2, 0.25) is 5.89 Å². The average molecular weight is 285 g/mol. The molecule has 1 N–H and O–H groups in total. The molecule has 94 valence electrons. The first-order chi connectivity index (χ1) is 8.56. The summed E-state index contributed by atoms with van der Waals surface area (Å²) in [5.74, 6) is -0.723. The number of nitrogens with zero attached hydrogens (tertiary/aromatic N) is 2. The van der Waals surface area contributed by atoms with E-state index in [9.17, 15) is 4.79 Å². The van der Waals surface area contributed by atoms with Gasteiger partial charge in [-0.25, -0.2) is 0 Å². The van der Waals surface area contributed by atoms with Gasteiger partial charge in [-0.2, -0.15) is 0 Å². The average Bonchev–Trinajstić information content (AvgIpc) is 2.79. The molecule has 0 unspecified atom stereocenters. The molecule has 0 bridgehead atoms. The number of rotatable bonds is 4. The van der Waals surface area contributed by atoms with E-state index < -0.39 is 5.97 Å². The fraction of sp³-hybridized carbons (Fsp3) is 0.182. The summed E-state index contributed by atoms with van der Waals surface area (Å²) < 4.78 is 5.33. The van der Waals surface area contributed by atoms with Crippen LogP contribution in [-0.4, -0.2) is 27.0 Å². The largest absolute Gasteiger partial charge is 0.481 e. The number of aryl methyl sites for hydroxylation is 1. The van der Waals surface area contributed by atoms with Crippen molar-refractivity contribution < 1.29 is 14.3 Å². The number of aromatic nitrogens is 2. The number of benzene rings is 1. The fourth-order valence-corrected chi connectivity index (χ4v) is 1.90. The molecule has 0 aliphatic carbocycles. The molecule has 0 amide bonds. The molecule has 7 heteroatoms. The number of carbonyl (C=O) groups is 1. The summed E-state index contributed by atoms with van der Waals surface area (Å²) in [4.78, 5) is 10.4. The molecule has 1 aromatic heterocycles. The molecule has 2 aromatic rings. The lowest BCUT2D eigenvalue weighted by Crippen LogP contribution is -1.97. The summed E-state index contributed by atoms with van der Waals surface area (Å²) in [6.07, 6.45) is 0. The predicted octanol–water partition coefficient (Wildman–Crippen LogP) is 2.88. The second-order valence-corrected chi connectivity index (χ2v) is 4.85. The van der Waals surface area contributed by atoms with Gasteiger partial charge in [0.05, 0.1) is 0 Å². The van der Waals surface area contributed by atoms with Crippen molar-refractivity contribution in [1.82, 2.24) is 10.2 Å². The van der Waals surface area contributed by atoms with Crippen LogP contribution in [0.5, 0.6) is 0 Å². The van der Waals surface area contributed by atoms with E-state index in [-0.39, 0.29) is 11.0 Å². The molecule has 2 rings (SSSR count). The molecular weight excluding hydrogens is 276 g/mol. The van der Waals surface area contributed by atoms with Crippen LogP contribution in [0, 0.1) is 6.92 Å². The second kappa shape index (κ2) is 5.41. The van der Waals surface area contributed by atoms with E-state index in [2.05, 4.69) is 10.2 Å². The molecule has 0 aliphatic heterocycles. The Hall–Kier alpha value is -1.53. The zero-order chi connectivity index (χ0) is 13.1. The lowest BCUT2D eigenvalue weighted by atomic mass is 10.1. The number of carboxylic acids is 1. The highest BCUT2D eigenvalue weighted by Crippen LogP contribution is 2.26. The van der Waals surface area contributed by atoms with Gasteiger partial charge in [-0.15, -0.1) is 10.2 Å². The van der Waals surface area contributed by atoms with Crippen LogP contribution in [-0.2, 0) is 4.79 Å². The Morgan fingerprint density at radius 1 is 1.50 bits per heavy atom. The van der Waals surface area contributed by atoms with E-state index in [4.69, 9.17) is 21.1 Å². The van der Waals surface area contributed by atoms with E-state index in [1.54, 1.807) is 6.07 Å². The molecule has 0 aliphatic rings. The maximum atomic E-state index is 10.4. The third kappa shape index (κ3) is 3.02. The first-order valence-corrected chi connectivity index (χ1v) is 6.37. The number of carboxylic acid groups (broad SMARTS) is 1. The summed E-state index contributed by atoms with van der Waals surface area (Å²) in [5, 5.41) is 17.0. The van der Waals surface area contributed by atoms with Gasteiger partial charge in [0, 0.05) is 10.6 Å². The maximum absolute atomic E-state index is 10.4. The SMILES string of the molecule is Cc1ccc(-c2nnc(SCC(=O)O)o2)cc1Cl. The van der Waals surface area contributed by atoms with Gasteiger partial charge >= 0.3 is 5.97 Å². The van der Waals surface area contributed by atoms with Gasteiger partial charge in [-0.05, 0) is 24.6 Å². The molecular formula is C11H9ClN2O3S. The van der Waals surface area contributed by atoms with Gasteiger partial charge < -0.3 is 9.52 Å². The van der Waals surface area contributed by atoms with Crippen molar-refractivity contribution in [2.24, 2.45) is 0 Å². The van der Waals surface area contributed by atoms with E-state index in [1.807, 2.05) is 19.1 Å². The zero-order valence-corrected chi connectivity index (χ0v) is 11.0. The molecule has 0 radical (unpaired) electrons. The minimum Gasteiger partial charge on any atom is -0.481 e. The van der Waals surface area contributed by atoms with Gasteiger partial charge in [-0.3, -0.25) is 4.79 Å². The zero-order valence-electron chi connectivity index (χ0n) is 9.38. The number of thioether (sulfide) groups is 1. The normalized spacial score (nSPS) is 10.6. The Bertz CT molecular complexity index is 585. The van der Waals surface area contributed by atoms with Crippen molar-refractivity contribution in [2.45, 2.75) is 12.1 Å². The van der Waals surface area contributed by atoms with Crippen LogP contribution in [0.1, 0.15) is 5.56 Å². The smallest absolute Gasteiger partial charge is 0.314 e. The highest BCUT2D eigenvalue weighted by molar-refractivity contribution is 7.99. The van der Waals surface area contributed by atoms with Crippen molar-refractivity contribution >= 4 is 29.3 Å². The van der Waals surface area contributed by atoms with Crippen LogP contribution < -0.4 is 0 Å². The van der Waals surface area contributed by atoms with Crippen LogP contribution in [0.15, 0.2) is 27.8 Å². The van der Waals surface area contributed by atoms with Gasteiger partial charge in [0.1, 0.15) is 5.75 Å². The summed E-state index contributed by atoms with van der Waals surface area (Å²) in [6.45, 7) is 1.90. The standard InChI is InChI=1S/C11H9ClN2O3S/c1-6-2-3-7(4-8(6)12)10-13-14-11(17-10)18-5-9(15)16/h2-4H,5H2,1H3,(H,15,16). The summed E-state index contributed by atoms with van der Waals surface area (Å²) >= 11 is 6.98. The van der Waals surface area contributed by atoms with E-state index in [0.717, 1.165) is 17.3 Å². The van der Waals surface area contributed by atoms with Gasteiger partial charge in [0.25, 0.3) is 5.22 Å². The van der Waals surface area contributed by atoms with Gasteiger partial charge in [-0.1, -0.05) is 29.4 Å². The Balaban J connectivity index is 2.18. The lowest BCUT2D eigenvalue weighted by Gasteiger charge is -1.99. The maximum Gasteiger partial charge on any atom is 0.314 e. The minimum atomic E-state index is -0.932. The molecule has 1 aromatic carbocycles. The Morgan fingerprint density at radius 2 is 2.28 bits per heavy atom. The number of hydrogen-bond donors (Lipinski definition) is 1. The quantitative estimate of drug-likeness (QED) is 0.870. The molecule has 5 nitrogen and oxygen atoms in total. The van der Waals surface area contributed by atoms with Crippen LogP contribution in [0.25, 0.3) is 11.5 Å². The highest BCUT2D eigenvalue weighted by Gasteiger charge is 2.11. The van der Waals surface area contributed by atoms with E-state index in [1.165, 1.54) is 0 Å². The molecule has 0 spiro atoms. The number of halogens is 1. The number of aliphatic carboxylic acids is 1. The highest BCUT2D eigenvalue weighted by atomic mass is 35.5. The second-order valence-electron chi connectivity index (χ2n) is 3.52. The van der Waals surface area contributed by atoms with Crippen LogP contribution in [0.3, 0.4) is 0 Å². The third-order valence-electron chi connectivity index (χ3n) is 2.14. The van der Waals surface area contributed by atoms with Crippen molar-refractivity contribution in [2.75, 3.05) is 5.75 Å². The van der Waals surface area contributed by atoms with Crippen molar-refractivity contribution in [3.05, 3.63) is 28.8 Å². The van der Waals surface area contributed by atoms with E-state index >= 15 is 0 Å². The lowest BCUT2D eigenvalue weighted by molar-refractivity contribution is -0.133. The van der Waals surface area contributed by atoms with Crippen molar-refractivity contribution in [3.8, 4) is 11.5 Å². The minimum absolute atomic E-state index is 0.115. The summed E-state index contributed by atoms with van der Waals surface area (Å²) in [7, 11) is 0. The molecule has 0 atom stereocenters. The fourth-order valence-electron chi connectivity index (χ4n) is 1.23. The third-order valence-corrected chi connectivity index (χ3v) is 3.35. The molecule has 0 saturated carbocycles. The molecule has 0 fully saturated rings. The predicted molar refractivity (Wildman–Crippen MR) is 67.8 cm³/mol. The Labute approximate surface area is 112 Å². The Morgan fingerprint density at radius 3 is 2.94 bits per heavy atom. The van der Waals surface area contributed by atoms with Crippen LogP contribution >= 0.6 is 23.4 Å². The van der Waals surface area contributed by atoms with Crippen molar-refractivity contribution in [3.63, 3.8) is 0 Å². The van der Waals surface area contributed by atoms with Crippen LogP contribution in [0.4, 0.5) is 0 Å². The topological polar surface area (TPSA) is 76.2 Å². The van der Waals surface area contributed by atoms with Crippen molar-refractivity contribution in [1.29, 1.82) is 0 Å². The summed E-state index contributed by atoms with van der Waals surface area (Å²) in [6, 6.07) is 5.41. The molecule has 0 saturated heterocycles. The molecule has 18 heavy (non-hydrogen) atoms. The van der Waals surface area contributed by atoms with E-state index in [0.29, 0.717) is 16.5 Å². The van der Waals surface area contributed by atoms with Gasteiger partial charge in [0.15, 0.2) is 0 Å². The number of hydrogen-bond acceptors (Lipinski definition) is 5. The Kier molecular flexibility index (Phi) is 3.88. The van der Waals surface area contributed by atoms with Crippen LogP contribution in [0.2, 0.25) is 5.02 Å². The first kappa shape index (κ1) is 12.9. The monoisotopic (exact) mass is 284 g/mol.